The number of anilines is 1. The highest BCUT2D eigenvalue weighted by Crippen LogP contribution is 2.25. The van der Waals surface area contributed by atoms with Gasteiger partial charge in [-0.15, -0.1) is 0 Å². The molecule has 0 saturated carbocycles. The minimum Gasteiger partial charge on any atom is -0.388 e. The molecule has 1 fully saturated rings. The normalized spacial score (nSPS) is 19.6. The molecule has 112 valence electrons. The molecule has 0 bridgehead atoms. The van der Waals surface area contributed by atoms with Gasteiger partial charge >= 0.3 is 0 Å². The molecule has 3 N–H and O–H groups in total. The van der Waals surface area contributed by atoms with Gasteiger partial charge in [-0.1, -0.05) is 19.1 Å². The molecule has 0 amide bonds. The Morgan fingerprint density at radius 1 is 1.30 bits per heavy atom. The van der Waals surface area contributed by atoms with Gasteiger partial charge in [0.25, 0.3) is 0 Å². The molecule has 1 aliphatic heterocycles. The van der Waals surface area contributed by atoms with Crippen molar-refractivity contribution >= 4 is 5.69 Å². The maximum absolute atomic E-state index is 10.5. The van der Waals surface area contributed by atoms with Crippen molar-refractivity contribution in [1.29, 1.82) is 0 Å². The third-order valence-corrected chi connectivity index (χ3v) is 4.16. The molecule has 0 aromatic heterocycles. The number of benzene rings is 1. The van der Waals surface area contributed by atoms with E-state index in [1.54, 1.807) is 0 Å². The molecule has 0 aliphatic carbocycles. The van der Waals surface area contributed by atoms with E-state index in [0.29, 0.717) is 32.6 Å². The van der Waals surface area contributed by atoms with Crippen molar-refractivity contribution in [3.05, 3.63) is 29.8 Å². The summed E-state index contributed by atoms with van der Waals surface area (Å²) in [7, 11) is 2.02. The second-order valence-corrected chi connectivity index (χ2v) is 5.80. The Kier molecular flexibility index (Phi) is 5.02. The van der Waals surface area contributed by atoms with Crippen LogP contribution in [0.1, 0.15) is 37.8 Å². The molecular weight excluding hydrogens is 252 g/mol. The summed E-state index contributed by atoms with van der Waals surface area (Å²) in [4.78, 5) is 2.10. The Morgan fingerprint density at radius 3 is 2.45 bits per heavy atom. The van der Waals surface area contributed by atoms with Crippen molar-refractivity contribution in [3.63, 3.8) is 0 Å². The van der Waals surface area contributed by atoms with E-state index in [4.69, 9.17) is 10.5 Å². The highest BCUT2D eigenvalue weighted by Gasteiger charge is 2.31. The molecule has 1 unspecified atom stereocenters. The predicted octanol–water partition coefficient (Wildman–Crippen LogP) is 2.07. The van der Waals surface area contributed by atoms with E-state index in [-0.39, 0.29) is 6.04 Å². The van der Waals surface area contributed by atoms with Gasteiger partial charge in [-0.25, -0.2) is 0 Å². The molecule has 1 aliphatic rings. The number of aliphatic hydroxyl groups is 1. The third-order valence-electron chi connectivity index (χ3n) is 4.16. The lowest BCUT2D eigenvalue weighted by Gasteiger charge is -2.36. The molecule has 1 aromatic rings. The van der Waals surface area contributed by atoms with Crippen LogP contribution in [0, 0.1) is 0 Å². The summed E-state index contributed by atoms with van der Waals surface area (Å²) in [5, 5.41) is 10.5. The van der Waals surface area contributed by atoms with Crippen LogP contribution >= 0.6 is 0 Å². The first kappa shape index (κ1) is 15.3. The topological polar surface area (TPSA) is 58.7 Å². The average molecular weight is 278 g/mol. The van der Waals surface area contributed by atoms with Crippen molar-refractivity contribution in [2.45, 2.75) is 37.8 Å². The number of likely N-dealkylation sites (N-methyl/N-ethyl adjacent to an activating group) is 1. The van der Waals surface area contributed by atoms with Crippen LogP contribution in [0.15, 0.2) is 24.3 Å². The Bertz CT molecular complexity index is 413. The van der Waals surface area contributed by atoms with Gasteiger partial charge in [-0.05, 0) is 24.1 Å². The van der Waals surface area contributed by atoms with Crippen LogP contribution < -0.4 is 10.6 Å². The van der Waals surface area contributed by atoms with Crippen molar-refractivity contribution in [1.82, 2.24) is 0 Å². The summed E-state index contributed by atoms with van der Waals surface area (Å²) >= 11 is 0. The zero-order valence-electron chi connectivity index (χ0n) is 12.5. The highest BCUT2D eigenvalue weighted by molar-refractivity contribution is 5.47. The van der Waals surface area contributed by atoms with E-state index in [2.05, 4.69) is 36.1 Å². The fraction of sp³-hybridized carbons (Fsp3) is 0.625. The lowest BCUT2D eigenvalue weighted by molar-refractivity contribution is -0.0572. The first-order valence-corrected chi connectivity index (χ1v) is 7.41. The van der Waals surface area contributed by atoms with Crippen molar-refractivity contribution in [2.75, 3.05) is 31.7 Å². The highest BCUT2D eigenvalue weighted by atomic mass is 16.5. The summed E-state index contributed by atoms with van der Waals surface area (Å²) in [6, 6.07) is 8.41. The molecule has 1 heterocycles. The van der Waals surface area contributed by atoms with Gasteiger partial charge in [0.1, 0.15) is 0 Å². The van der Waals surface area contributed by atoms with E-state index in [9.17, 15) is 5.11 Å². The van der Waals surface area contributed by atoms with Gasteiger partial charge in [0.15, 0.2) is 0 Å². The fourth-order valence-electron chi connectivity index (χ4n) is 2.65. The van der Waals surface area contributed by atoms with E-state index in [1.807, 2.05) is 7.05 Å². The van der Waals surface area contributed by atoms with Crippen LogP contribution in [0.5, 0.6) is 0 Å². The number of hydrogen-bond acceptors (Lipinski definition) is 4. The Hall–Kier alpha value is -1.10. The molecule has 1 saturated heterocycles. The smallest absolute Gasteiger partial charge is 0.0865 e. The molecule has 20 heavy (non-hydrogen) atoms. The summed E-state index contributed by atoms with van der Waals surface area (Å²) < 4.78 is 5.31. The van der Waals surface area contributed by atoms with Crippen LogP contribution in [0.3, 0.4) is 0 Å². The molecule has 0 radical (unpaired) electrons. The van der Waals surface area contributed by atoms with Crippen LogP contribution in [0.2, 0.25) is 0 Å². The minimum atomic E-state index is -0.633. The average Bonchev–Trinajstić information content (AvgIpc) is 2.47. The van der Waals surface area contributed by atoms with Gasteiger partial charge in [-0.3, -0.25) is 0 Å². The monoisotopic (exact) mass is 278 g/mol. The summed E-state index contributed by atoms with van der Waals surface area (Å²) in [5.41, 5.74) is 7.66. The Balaban J connectivity index is 2.00. The van der Waals surface area contributed by atoms with Gasteiger partial charge in [0, 0.05) is 51.4 Å². The number of nitrogens with zero attached hydrogens (tertiary/aromatic N) is 1. The molecule has 4 heteroatoms. The molecule has 0 spiro atoms. The molecular formula is C16H26N2O2. The maximum Gasteiger partial charge on any atom is 0.0865 e. The number of ether oxygens (including phenoxy) is 1. The number of nitrogens with two attached hydrogens (primary N) is 1. The van der Waals surface area contributed by atoms with Gasteiger partial charge < -0.3 is 20.5 Å². The number of hydrogen-bond donors (Lipinski definition) is 2. The second kappa shape index (κ2) is 6.57. The molecule has 4 nitrogen and oxygen atoms in total. The standard InChI is InChI=1S/C16H26N2O2/c1-3-15(17)13-4-6-14(7-5-13)18(2)12-16(19)8-10-20-11-9-16/h4-7,15,19H,3,8-12,17H2,1-2H3. The van der Waals surface area contributed by atoms with Crippen molar-refractivity contribution < 1.29 is 9.84 Å². The Morgan fingerprint density at radius 2 is 1.90 bits per heavy atom. The van der Waals surface area contributed by atoms with E-state index >= 15 is 0 Å². The van der Waals surface area contributed by atoms with Crippen molar-refractivity contribution in [3.8, 4) is 0 Å². The molecule has 1 atom stereocenters. The number of rotatable bonds is 5. The first-order valence-electron chi connectivity index (χ1n) is 7.41. The Labute approximate surface area is 121 Å². The quantitative estimate of drug-likeness (QED) is 0.865. The lowest BCUT2D eigenvalue weighted by atomic mass is 9.93. The van der Waals surface area contributed by atoms with E-state index in [1.165, 1.54) is 0 Å². The van der Waals surface area contributed by atoms with Crippen LogP contribution in [-0.4, -0.2) is 37.5 Å². The van der Waals surface area contributed by atoms with Gasteiger partial charge in [0.05, 0.1) is 5.60 Å². The minimum absolute atomic E-state index is 0.106. The van der Waals surface area contributed by atoms with E-state index in [0.717, 1.165) is 17.7 Å². The summed E-state index contributed by atoms with van der Waals surface area (Å²) in [6.45, 7) is 4.02. The van der Waals surface area contributed by atoms with E-state index < -0.39 is 5.60 Å². The largest absolute Gasteiger partial charge is 0.388 e. The summed E-state index contributed by atoms with van der Waals surface area (Å²) in [5.74, 6) is 0. The summed E-state index contributed by atoms with van der Waals surface area (Å²) in [6.07, 6.45) is 2.35. The van der Waals surface area contributed by atoms with Gasteiger partial charge in [0.2, 0.25) is 0 Å². The lowest BCUT2D eigenvalue weighted by Crippen LogP contribution is -2.45. The fourth-order valence-corrected chi connectivity index (χ4v) is 2.65. The maximum atomic E-state index is 10.5. The first-order chi connectivity index (χ1) is 9.54. The van der Waals surface area contributed by atoms with Crippen molar-refractivity contribution in [2.24, 2.45) is 5.73 Å². The third kappa shape index (κ3) is 3.72. The predicted molar refractivity (Wildman–Crippen MR) is 81.9 cm³/mol. The van der Waals surface area contributed by atoms with Crippen LogP contribution in [0.25, 0.3) is 0 Å². The van der Waals surface area contributed by atoms with Crippen LogP contribution in [0.4, 0.5) is 5.69 Å². The molecule has 2 rings (SSSR count). The zero-order valence-corrected chi connectivity index (χ0v) is 12.5. The SMILES string of the molecule is CCC(N)c1ccc(N(C)CC2(O)CCOCC2)cc1. The zero-order chi connectivity index (χ0) is 14.6. The van der Waals surface area contributed by atoms with Crippen LogP contribution in [-0.2, 0) is 4.74 Å². The van der Waals surface area contributed by atoms with Gasteiger partial charge in [-0.2, -0.15) is 0 Å². The molecule has 1 aromatic carbocycles. The second-order valence-electron chi connectivity index (χ2n) is 5.80.